The Bertz CT molecular complexity index is 1190. The molecule has 9 heteroatoms. The Labute approximate surface area is 212 Å². The number of hydrogen-bond donors (Lipinski definition) is 2. The lowest BCUT2D eigenvalue weighted by Gasteiger charge is -2.36. The third-order valence-electron chi connectivity index (χ3n) is 6.05. The highest BCUT2D eigenvalue weighted by molar-refractivity contribution is 9.10. The molecule has 1 aliphatic rings. The first kappa shape index (κ1) is 25.0. The van der Waals surface area contributed by atoms with E-state index in [2.05, 4.69) is 25.7 Å². The first-order chi connectivity index (χ1) is 16.9. The van der Waals surface area contributed by atoms with Crippen LogP contribution in [0.15, 0.2) is 63.7 Å². The van der Waals surface area contributed by atoms with E-state index >= 15 is 0 Å². The second kappa shape index (κ2) is 11.1. The molecule has 4 rings (SSSR count). The van der Waals surface area contributed by atoms with E-state index in [9.17, 15) is 14.7 Å². The second-order valence-corrected chi connectivity index (χ2v) is 9.11. The molecule has 1 unspecified atom stereocenters. The Hall–Kier alpha value is -3.14. The van der Waals surface area contributed by atoms with E-state index in [1.807, 2.05) is 42.5 Å². The maximum atomic E-state index is 12.5. The zero-order chi connectivity index (χ0) is 24.9. The van der Waals surface area contributed by atoms with Crippen LogP contribution in [0.5, 0.6) is 0 Å². The van der Waals surface area contributed by atoms with Crippen molar-refractivity contribution in [2.24, 2.45) is 0 Å². The summed E-state index contributed by atoms with van der Waals surface area (Å²) in [5.41, 5.74) is 8.99. The number of furan rings is 1. The first-order valence-electron chi connectivity index (χ1n) is 11.5. The molecule has 3 N–H and O–H groups in total. The van der Waals surface area contributed by atoms with Gasteiger partial charge < -0.3 is 24.9 Å². The van der Waals surface area contributed by atoms with Crippen molar-refractivity contribution < 1.29 is 23.8 Å². The minimum Gasteiger partial charge on any atom is -0.460 e. The van der Waals surface area contributed by atoms with Gasteiger partial charge >= 0.3 is 5.97 Å². The van der Waals surface area contributed by atoms with Crippen LogP contribution in [-0.2, 0) is 4.74 Å². The Morgan fingerprint density at radius 3 is 2.49 bits per heavy atom. The summed E-state index contributed by atoms with van der Waals surface area (Å²) in [5, 5.41) is 11.1. The van der Waals surface area contributed by atoms with Crippen LogP contribution in [0.1, 0.15) is 45.1 Å². The number of nitrogen functional groups attached to an aromatic ring is 1. The summed E-state index contributed by atoms with van der Waals surface area (Å²) >= 11 is 3.22. The van der Waals surface area contributed by atoms with E-state index in [1.165, 1.54) is 0 Å². The van der Waals surface area contributed by atoms with Crippen molar-refractivity contribution in [2.75, 3.05) is 50.0 Å². The highest BCUT2D eigenvalue weighted by Crippen LogP contribution is 2.35. The number of anilines is 2. The SMILES string of the molecule is CCOC(=O)c1oc(Br)cc1C(O)c1cc(N2CCN(CC(=O)c3ccccc3)CC2)ccc1N. The van der Waals surface area contributed by atoms with E-state index in [1.54, 1.807) is 19.1 Å². The molecule has 1 aliphatic heterocycles. The number of Topliss-reactive ketones (excluding diaryl/α,β-unsaturated/α-hetero) is 1. The number of halogens is 1. The third-order valence-corrected chi connectivity index (χ3v) is 6.44. The zero-order valence-electron chi connectivity index (χ0n) is 19.4. The van der Waals surface area contributed by atoms with Gasteiger partial charge in [-0.3, -0.25) is 9.69 Å². The number of piperazine rings is 1. The van der Waals surface area contributed by atoms with Crippen molar-refractivity contribution in [1.82, 2.24) is 4.90 Å². The second-order valence-electron chi connectivity index (χ2n) is 8.32. The fourth-order valence-electron chi connectivity index (χ4n) is 4.18. The zero-order valence-corrected chi connectivity index (χ0v) is 21.0. The molecule has 2 heterocycles. The van der Waals surface area contributed by atoms with Crippen molar-refractivity contribution in [1.29, 1.82) is 0 Å². The van der Waals surface area contributed by atoms with Crippen molar-refractivity contribution in [3.63, 3.8) is 0 Å². The maximum absolute atomic E-state index is 12.5. The molecular formula is C26H28BrN3O5. The quantitative estimate of drug-likeness (QED) is 0.251. The van der Waals surface area contributed by atoms with Crippen molar-refractivity contribution in [2.45, 2.75) is 13.0 Å². The van der Waals surface area contributed by atoms with Crippen molar-refractivity contribution >= 4 is 39.1 Å². The molecule has 1 fully saturated rings. The molecule has 0 spiro atoms. The van der Waals surface area contributed by atoms with Crippen LogP contribution in [0, 0.1) is 0 Å². The Balaban J connectivity index is 1.46. The molecule has 1 saturated heterocycles. The van der Waals surface area contributed by atoms with Crippen LogP contribution in [-0.4, -0.2) is 61.1 Å². The van der Waals surface area contributed by atoms with Crippen LogP contribution in [0.4, 0.5) is 11.4 Å². The highest BCUT2D eigenvalue weighted by Gasteiger charge is 2.27. The number of carbonyl (C=O) groups excluding carboxylic acids is 2. The van der Waals surface area contributed by atoms with E-state index in [0.29, 0.717) is 22.5 Å². The predicted molar refractivity (Wildman–Crippen MR) is 137 cm³/mol. The number of esters is 1. The molecule has 2 aromatic carbocycles. The largest absolute Gasteiger partial charge is 0.460 e. The summed E-state index contributed by atoms with van der Waals surface area (Å²) in [5.74, 6) is -0.600. The van der Waals surface area contributed by atoms with E-state index in [4.69, 9.17) is 14.9 Å². The molecule has 35 heavy (non-hydrogen) atoms. The number of aliphatic hydroxyl groups is 1. The molecule has 0 radical (unpaired) electrons. The Kier molecular flexibility index (Phi) is 7.90. The Morgan fingerprint density at radius 2 is 1.80 bits per heavy atom. The molecule has 184 valence electrons. The topological polar surface area (TPSA) is 109 Å². The summed E-state index contributed by atoms with van der Waals surface area (Å²) in [7, 11) is 0. The number of hydrogen-bond acceptors (Lipinski definition) is 8. The lowest BCUT2D eigenvalue weighted by atomic mass is 9.99. The maximum Gasteiger partial charge on any atom is 0.374 e. The first-order valence-corrected chi connectivity index (χ1v) is 12.3. The number of rotatable bonds is 8. The average Bonchev–Trinajstić information content (AvgIpc) is 3.27. The standard InChI is InChI=1S/C26H28BrN3O5/c1-2-34-26(33)25-20(15-23(27)35-25)24(32)19-14-18(8-9-21(19)28)30-12-10-29(11-13-30)16-22(31)17-6-4-3-5-7-17/h3-9,14-15,24,32H,2,10-13,16,28H2,1H3. The molecule has 1 atom stereocenters. The van der Waals surface area contributed by atoms with Crippen LogP contribution >= 0.6 is 15.9 Å². The average molecular weight is 542 g/mol. The number of aliphatic hydroxyl groups excluding tert-OH is 1. The van der Waals surface area contributed by atoms with Crippen LogP contribution < -0.4 is 10.6 Å². The lowest BCUT2D eigenvalue weighted by molar-refractivity contribution is 0.0481. The van der Waals surface area contributed by atoms with Gasteiger partial charge in [-0.15, -0.1) is 0 Å². The summed E-state index contributed by atoms with van der Waals surface area (Å²) < 4.78 is 10.8. The van der Waals surface area contributed by atoms with Gasteiger partial charge in [0.2, 0.25) is 5.76 Å². The van der Waals surface area contributed by atoms with Crippen LogP contribution in [0.25, 0.3) is 0 Å². The molecular weight excluding hydrogens is 514 g/mol. The molecule has 0 amide bonds. The number of ketones is 1. The normalized spacial score (nSPS) is 15.1. The Morgan fingerprint density at radius 1 is 1.09 bits per heavy atom. The lowest BCUT2D eigenvalue weighted by Crippen LogP contribution is -2.48. The minimum absolute atomic E-state index is 0.0623. The molecule has 0 bridgehead atoms. The molecule has 0 aliphatic carbocycles. The van der Waals surface area contributed by atoms with E-state index in [0.717, 1.165) is 37.4 Å². The number of carbonyl (C=O) groups is 2. The number of nitrogens with zero attached hydrogens (tertiary/aromatic N) is 2. The van der Waals surface area contributed by atoms with Crippen molar-refractivity contribution in [3.8, 4) is 0 Å². The smallest absolute Gasteiger partial charge is 0.374 e. The molecule has 1 aromatic heterocycles. The van der Waals surface area contributed by atoms with Crippen LogP contribution in [0.3, 0.4) is 0 Å². The fraction of sp³-hybridized carbons (Fsp3) is 0.308. The monoisotopic (exact) mass is 541 g/mol. The van der Waals surface area contributed by atoms with Gasteiger partial charge in [0.05, 0.1) is 13.2 Å². The van der Waals surface area contributed by atoms with Gasteiger partial charge in [-0.05, 0) is 47.1 Å². The van der Waals surface area contributed by atoms with Crippen LogP contribution in [0.2, 0.25) is 0 Å². The number of nitrogens with two attached hydrogens (primary N) is 1. The molecule has 3 aromatic rings. The van der Waals surface area contributed by atoms with E-state index < -0.39 is 12.1 Å². The highest BCUT2D eigenvalue weighted by atomic mass is 79.9. The molecule has 8 nitrogen and oxygen atoms in total. The fourth-order valence-corrected chi connectivity index (χ4v) is 4.59. The van der Waals surface area contributed by atoms with Gasteiger partial charge in [0.15, 0.2) is 10.5 Å². The minimum atomic E-state index is -1.17. The van der Waals surface area contributed by atoms with Gasteiger partial charge in [0.25, 0.3) is 0 Å². The third kappa shape index (κ3) is 5.75. The summed E-state index contributed by atoms with van der Waals surface area (Å²) in [6, 6.07) is 16.4. The summed E-state index contributed by atoms with van der Waals surface area (Å²) in [6.07, 6.45) is -1.17. The van der Waals surface area contributed by atoms with Crippen molar-refractivity contribution in [3.05, 3.63) is 81.7 Å². The number of benzene rings is 2. The van der Waals surface area contributed by atoms with Gasteiger partial charge in [0.1, 0.15) is 6.10 Å². The van der Waals surface area contributed by atoms with Gasteiger partial charge in [-0.25, -0.2) is 4.79 Å². The summed E-state index contributed by atoms with van der Waals surface area (Å²) in [6.45, 7) is 5.21. The molecule has 0 saturated carbocycles. The summed E-state index contributed by atoms with van der Waals surface area (Å²) in [4.78, 5) is 29.2. The number of ether oxygens (including phenoxy) is 1. The predicted octanol–water partition coefficient (Wildman–Crippen LogP) is 3.89. The van der Waals surface area contributed by atoms with Gasteiger partial charge in [-0.1, -0.05) is 30.3 Å². The van der Waals surface area contributed by atoms with Gasteiger partial charge in [0, 0.05) is 54.2 Å². The van der Waals surface area contributed by atoms with Gasteiger partial charge in [-0.2, -0.15) is 0 Å². The van der Waals surface area contributed by atoms with E-state index in [-0.39, 0.29) is 23.7 Å².